The van der Waals surface area contributed by atoms with Gasteiger partial charge in [0, 0.05) is 6.04 Å². The van der Waals surface area contributed by atoms with Crippen molar-refractivity contribution in [1.29, 1.82) is 0 Å². The van der Waals surface area contributed by atoms with Crippen LogP contribution in [-0.4, -0.2) is 35.5 Å². The van der Waals surface area contributed by atoms with Gasteiger partial charge in [0.1, 0.15) is 4.88 Å². The molecule has 0 aliphatic rings. The number of carbonyl (C=O) groups is 3. The molecule has 7 nitrogen and oxygen atoms in total. The van der Waals surface area contributed by atoms with E-state index in [4.69, 9.17) is 4.74 Å². The summed E-state index contributed by atoms with van der Waals surface area (Å²) in [5, 5.41) is 5.29. The Morgan fingerprint density at radius 3 is 2.45 bits per heavy atom. The van der Waals surface area contributed by atoms with Crippen molar-refractivity contribution in [2.45, 2.75) is 33.7 Å². The van der Waals surface area contributed by atoms with Gasteiger partial charge in [0.15, 0.2) is 6.61 Å². The Bertz CT molecular complexity index is 525. The van der Waals surface area contributed by atoms with E-state index in [1.807, 2.05) is 0 Å². The lowest BCUT2D eigenvalue weighted by Crippen LogP contribution is -2.44. The molecule has 0 saturated carbocycles. The molecule has 1 aromatic rings. The first-order valence-corrected chi connectivity index (χ1v) is 6.82. The lowest BCUT2D eigenvalue weighted by atomic mass is 10.4. The van der Waals surface area contributed by atoms with Crippen LogP contribution in [-0.2, 0) is 9.53 Å². The molecular weight excluding hydrogens is 282 g/mol. The van der Waals surface area contributed by atoms with Crippen LogP contribution in [0, 0.1) is 13.8 Å². The van der Waals surface area contributed by atoms with Crippen LogP contribution in [0.5, 0.6) is 0 Å². The topological polar surface area (TPSA) is 97.4 Å². The fourth-order valence-corrected chi connectivity index (χ4v) is 2.19. The van der Waals surface area contributed by atoms with E-state index in [2.05, 4.69) is 15.6 Å². The van der Waals surface area contributed by atoms with Crippen molar-refractivity contribution in [1.82, 2.24) is 15.6 Å². The molecule has 1 aromatic heterocycles. The SMILES string of the molecule is Cc1nc(C)c(C(=O)OCC(=O)NC(=O)NC(C)C)s1. The molecule has 110 valence electrons. The second kappa shape index (κ2) is 6.99. The smallest absolute Gasteiger partial charge is 0.350 e. The van der Waals surface area contributed by atoms with Crippen LogP contribution in [0.4, 0.5) is 4.79 Å². The van der Waals surface area contributed by atoms with E-state index >= 15 is 0 Å². The lowest BCUT2D eigenvalue weighted by molar-refractivity contribution is -0.123. The number of thiazole rings is 1. The molecule has 0 aromatic carbocycles. The molecule has 0 spiro atoms. The van der Waals surface area contributed by atoms with Gasteiger partial charge in [-0.1, -0.05) is 0 Å². The summed E-state index contributed by atoms with van der Waals surface area (Å²) in [6.45, 7) is 6.48. The van der Waals surface area contributed by atoms with E-state index in [1.165, 1.54) is 11.3 Å². The number of amides is 3. The number of ether oxygens (including phenoxy) is 1. The van der Waals surface area contributed by atoms with E-state index in [0.717, 1.165) is 5.01 Å². The van der Waals surface area contributed by atoms with Gasteiger partial charge in [-0.15, -0.1) is 11.3 Å². The third-order valence-electron chi connectivity index (χ3n) is 2.10. The van der Waals surface area contributed by atoms with Crippen LogP contribution in [0.3, 0.4) is 0 Å². The zero-order valence-corrected chi connectivity index (χ0v) is 12.6. The molecule has 1 heterocycles. The number of aromatic nitrogens is 1. The van der Waals surface area contributed by atoms with Gasteiger partial charge in [-0.25, -0.2) is 14.6 Å². The number of hydrogen-bond donors (Lipinski definition) is 2. The van der Waals surface area contributed by atoms with Gasteiger partial charge in [-0.05, 0) is 27.7 Å². The van der Waals surface area contributed by atoms with Crippen molar-refractivity contribution in [2.24, 2.45) is 0 Å². The maximum atomic E-state index is 11.7. The zero-order valence-electron chi connectivity index (χ0n) is 11.8. The summed E-state index contributed by atoms with van der Waals surface area (Å²) < 4.78 is 4.83. The predicted molar refractivity (Wildman–Crippen MR) is 73.7 cm³/mol. The Hall–Kier alpha value is -1.96. The summed E-state index contributed by atoms with van der Waals surface area (Å²) in [6, 6.07) is -0.709. The van der Waals surface area contributed by atoms with E-state index in [1.54, 1.807) is 27.7 Å². The number of hydrogen-bond acceptors (Lipinski definition) is 6. The van der Waals surface area contributed by atoms with Crippen molar-refractivity contribution in [2.75, 3.05) is 6.61 Å². The Kier molecular flexibility index (Phi) is 5.63. The average Bonchev–Trinajstić information content (AvgIpc) is 2.64. The van der Waals surface area contributed by atoms with E-state index < -0.39 is 24.5 Å². The number of nitrogens with zero attached hydrogens (tertiary/aromatic N) is 1. The Morgan fingerprint density at radius 1 is 1.30 bits per heavy atom. The average molecular weight is 299 g/mol. The highest BCUT2D eigenvalue weighted by atomic mass is 32.1. The van der Waals surface area contributed by atoms with Crippen LogP contribution in [0.25, 0.3) is 0 Å². The predicted octanol–water partition coefficient (Wildman–Crippen LogP) is 1.15. The number of imide groups is 1. The summed E-state index contributed by atoms with van der Waals surface area (Å²) in [4.78, 5) is 38.8. The minimum atomic E-state index is -0.685. The maximum absolute atomic E-state index is 11.7. The normalized spacial score (nSPS) is 10.2. The Labute approximate surface area is 120 Å². The van der Waals surface area contributed by atoms with Gasteiger partial charge in [0.05, 0.1) is 10.7 Å². The van der Waals surface area contributed by atoms with Crippen molar-refractivity contribution in [3.8, 4) is 0 Å². The Balaban J connectivity index is 2.43. The number of urea groups is 1. The second-order valence-electron chi connectivity index (χ2n) is 4.40. The highest BCUT2D eigenvalue weighted by molar-refractivity contribution is 7.13. The number of nitrogens with one attached hydrogen (secondary N) is 2. The van der Waals surface area contributed by atoms with E-state index in [-0.39, 0.29) is 6.04 Å². The van der Waals surface area contributed by atoms with Crippen molar-refractivity contribution >= 4 is 29.2 Å². The number of esters is 1. The summed E-state index contributed by atoms with van der Waals surface area (Å²) in [5.74, 6) is -1.30. The molecule has 3 amide bonds. The second-order valence-corrected chi connectivity index (χ2v) is 5.60. The molecule has 0 fully saturated rings. The minimum absolute atomic E-state index is 0.0897. The van der Waals surface area contributed by atoms with Gasteiger partial charge in [0.2, 0.25) is 0 Å². The third kappa shape index (κ3) is 4.96. The first-order chi connectivity index (χ1) is 9.29. The highest BCUT2D eigenvalue weighted by Gasteiger charge is 2.17. The molecule has 0 aliphatic carbocycles. The summed E-state index contributed by atoms with van der Waals surface area (Å²) in [6.07, 6.45) is 0. The molecule has 20 heavy (non-hydrogen) atoms. The molecule has 2 N–H and O–H groups in total. The first-order valence-electron chi connectivity index (χ1n) is 6.01. The van der Waals surface area contributed by atoms with Gasteiger partial charge in [-0.3, -0.25) is 10.1 Å². The quantitative estimate of drug-likeness (QED) is 0.813. The molecule has 8 heteroatoms. The lowest BCUT2D eigenvalue weighted by Gasteiger charge is -2.09. The number of carbonyl (C=O) groups excluding carboxylic acids is 3. The van der Waals surface area contributed by atoms with E-state index in [9.17, 15) is 14.4 Å². The summed E-state index contributed by atoms with van der Waals surface area (Å²) >= 11 is 1.20. The highest BCUT2D eigenvalue weighted by Crippen LogP contribution is 2.17. The monoisotopic (exact) mass is 299 g/mol. The molecule has 0 atom stereocenters. The van der Waals surface area contributed by atoms with Gasteiger partial charge < -0.3 is 10.1 Å². The number of aryl methyl sites for hydroxylation is 2. The zero-order chi connectivity index (χ0) is 15.3. The Morgan fingerprint density at radius 2 is 1.95 bits per heavy atom. The first kappa shape index (κ1) is 16.1. The van der Waals surface area contributed by atoms with Crippen molar-refractivity contribution in [3.63, 3.8) is 0 Å². The largest absolute Gasteiger partial charge is 0.451 e. The molecule has 0 aliphatic heterocycles. The molecule has 0 saturated heterocycles. The van der Waals surface area contributed by atoms with Crippen molar-refractivity contribution < 1.29 is 19.1 Å². The van der Waals surface area contributed by atoms with Crippen molar-refractivity contribution in [3.05, 3.63) is 15.6 Å². The molecule has 1 rings (SSSR count). The van der Waals surface area contributed by atoms with Crippen LogP contribution in [0.2, 0.25) is 0 Å². The van der Waals surface area contributed by atoms with Gasteiger partial charge in [0.25, 0.3) is 5.91 Å². The molecular formula is C12H17N3O4S. The molecule has 0 unspecified atom stereocenters. The van der Waals surface area contributed by atoms with Crippen LogP contribution in [0.1, 0.15) is 34.2 Å². The maximum Gasteiger partial charge on any atom is 0.350 e. The number of rotatable bonds is 4. The third-order valence-corrected chi connectivity index (χ3v) is 3.15. The molecule has 0 radical (unpaired) electrons. The van der Waals surface area contributed by atoms with Crippen LogP contribution >= 0.6 is 11.3 Å². The fourth-order valence-electron chi connectivity index (χ4n) is 1.38. The van der Waals surface area contributed by atoms with Gasteiger partial charge in [-0.2, -0.15) is 0 Å². The standard InChI is InChI=1S/C12H17N3O4S/c1-6(2)13-12(18)15-9(16)5-19-11(17)10-7(3)14-8(4)20-10/h6H,5H2,1-4H3,(H2,13,15,16,18). The van der Waals surface area contributed by atoms with E-state index in [0.29, 0.717) is 10.6 Å². The summed E-state index contributed by atoms with van der Waals surface area (Å²) in [5.41, 5.74) is 0.565. The van der Waals surface area contributed by atoms with Gasteiger partial charge >= 0.3 is 12.0 Å². The summed E-state index contributed by atoms with van der Waals surface area (Å²) in [7, 11) is 0. The fraction of sp³-hybridized carbons (Fsp3) is 0.500. The van der Waals surface area contributed by atoms with Crippen LogP contribution < -0.4 is 10.6 Å². The van der Waals surface area contributed by atoms with Crippen LogP contribution in [0.15, 0.2) is 0 Å². The minimum Gasteiger partial charge on any atom is -0.451 e. The molecule has 0 bridgehead atoms.